The molecule has 1 saturated carbocycles. The zero-order valence-electron chi connectivity index (χ0n) is 14.1. The predicted octanol–water partition coefficient (Wildman–Crippen LogP) is 2.81. The molecule has 1 aromatic heterocycles. The number of aromatic nitrogens is 1. The van der Waals surface area contributed by atoms with Crippen LogP contribution in [0.2, 0.25) is 0 Å². The van der Waals surface area contributed by atoms with E-state index in [0.29, 0.717) is 0 Å². The molecule has 0 atom stereocenters. The van der Waals surface area contributed by atoms with E-state index < -0.39 is 0 Å². The fourth-order valence-corrected chi connectivity index (χ4v) is 3.49. The van der Waals surface area contributed by atoms with E-state index in [4.69, 9.17) is 17.5 Å². The predicted molar refractivity (Wildman–Crippen MR) is 102 cm³/mol. The van der Waals surface area contributed by atoms with Crippen molar-refractivity contribution in [3.63, 3.8) is 0 Å². The van der Waals surface area contributed by atoms with Gasteiger partial charge < -0.3 is 17.5 Å². The maximum absolute atomic E-state index is 7.13. The van der Waals surface area contributed by atoms with Gasteiger partial charge in [0.1, 0.15) is 0 Å². The van der Waals surface area contributed by atoms with E-state index in [9.17, 15) is 0 Å². The molecule has 2 bridgehead atoms. The molecule has 3 aliphatic rings. The zero-order valence-corrected chi connectivity index (χ0v) is 16.7. The summed E-state index contributed by atoms with van der Waals surface area (Å²) >= 11 is 9.22. The maximum Gasteiger partial charge on any atom is 1.00 e. The summed E-state index contributed by atoms with van der Waals surface area (Å²) in [5, 5.41) is 13.6. The van der Waals surface area contributed by atoms with Crippen LogP contribution in [0.4, 0.5) is 0 Å². The van der Waals surface area contributed by atoms with Crippen molar-refractivity contribution in [3.8, 4) is 5.40 Å². The Hall–Kier alpha value is -1.26. The number of rotatable bonds is 2. The number of thiocyanates is 1. The van der Waals surface area contributed by atoms with Gasteiger partial charge in [0.15, 0.2) is 5.11 Å². The number of hydrazone groups is 1. The minimum absolute atomic E-state index is 0. The fourth-order valence-electron chi connectivity index (χ4n) is 3.30. The smallest absolute Gasteiger partial charge is 0.696 e. The van der Waals surface area contributed by atoms with Crippen LogP contribution >= 0.6 is 12.2 Å². The summed E-state index contributed by atoms with van der Waals surface area (Å²) in [5.41, 5.74) is 4.79. The van der Waals surface area contributed by atoms with Crippen molar-refractivity contribution in [2.45, 2.75) is 32.6 Å². The summed E-state index contributed by atoms with van der Waals surface area (Å²) < 4.78 is 0. The molecule has 4 rings (SSSR count). The average Bonchev–Trinajstić information content (AvgIpc) is 2.95. The molecule has 0 spiro atoms. The van der Waals surface area contributed by atoms with Gasteiger partial charge in [0.25, 0.3) is 0 Å². The van der Waals surface area contributed by atoms with Crippen molar-refractivity contribution in [1.29, 1.82) is 5.26 Å². The van der Waals surface area contributed by atoms with E-state index in [1.807, 2.05) is 25.1 Å². The first kappa shape index (κ1) is 21.8. The van der Waals surface area contributed by atoms with E-state index in [1.165, 1.54) is 31.1 Å². The van der Waals surface area contributed by atoms with Crippen molar-refractivity contribution in [3.05, 3.63) is 30.1 Å². The standard InChI is InChI=1S/C16H22N4S.CHNS.Cu/c1-12(15-4-2-3-9-17-15)18-19-16(21)20-10-13-5-6-14(11-20)8-7-13;2-1-3;/h2-4,9,13-14H,5-8,10-11H2,1H3,(H,19,21);3H;/q;;+1/p-1. The third-order valence-electron chi connectivity index (χ3n) is 4.57. The molecule has 5 nitrogen and oxygen atoms in total. The van der Waals surface area contributed by atoms with Crippen molar-refractivity contribution in [1.82, 2.24) is 15.3 Å². The minimum Gasteiger partial charge on any atom is -0.696 e. The SMILES string of the molecule is CC(=NNC(=S)N1CC2CCC(CC2)C1)c1ccccn1.N#C[S-].[Cu+]. The zero-order chi connectivity index (χ0) is 17.4. The van der Waals surface area contributed by atoms with Crippen LogP contribution in [0.5, 0.6) is 0 Å². The molecule has 2 aliphatic heterocycles. The van der Waals surface area contributed by atoms with E-state index in [0.717, 1.165) is 41.4 Å². The van der Waals surface area contributed by atoms with Crippen LogP contribution in [0.15, 0.2) is 29.5 Å². The largest absolute Gasteiger partial charge is 1.00 e. The Kier molecular flexibility index (Phi) is 9.91. The summed E-state index contributed by atoms with van der Waals surface area (Å²) in [6.07, 6.45) is 7.22. The second-order valence-electron chi connectivity index (χ2n) is 6.21. The van der Waals surface area contributed by atoms with E-state index in [-0.39, 0.29) is 17.1 Å². The van der Waals surface area contributed by atoms with E-state index >= 15 is 0 Å². The van der Waals surface area contributed by atoms with Gasteiger partial charge in [-0.05, 0) is 68.8 Å². The summed E-state index contributed by atoms with van der Waals surface area (Å²) in [7, 11) is 0. The molecule has 1 N–H and O–H groups in total. The number of nitrogens with zero attached hydrogens (tertiary/aromatic N) is 4. The Morgan fingerprint density at radius 1 is 1.32 bits per heavy atom. The summed E-state index contributed by atoms with van der Waals surface area (Å²) in [6, 6.07) is 5.82. The molecule has 1 aromatic rings. The minimum atomic E-state index is 0. The summed E-state index contributed by atoms with van der Waals surface area (Å²) in [4.78, 5) is 6.60. The van der Waals surface area contributed by atoms with Gasteiger partial charge in [0, 0.05) is 19.3 Å². The molecule has 0 aromatic carbocycles. The molecule has 3 heterocycles. The van der Waals surface area contributed by atoms with Crippen molar-refractivity contribution in [2.24, 2.45) is 16.9 Å². The molecule has 1 aliphatic carbocycles. The van der Waals surface area contributed by atoms with Crippen molar-refractivity contribution < 1.29 is 17.1 Å². The van der Waals surface area contributed by atoms with Gasteiger partial charge in [0.2, 0.25) is 0 Å². The summed E-state index contributed by atoms with van der Waals surface area (Å²) in [5.74, 6) is 1.62. The number of fused-ring (bicyclic) bond motifs is 4. The van der Waals surface area contributed by atoms with E-state index in [1.54, 1.807) is 6.20 Å². The van der Waals surface area contributed by atoms with Crippen LogP contribution in [-0.4, -0.2) is 33.8 Å². The number of nitriles is 1. The van der Waals surface area contributed by atoms with Gasteiger partial charge in [-0.3, -0.25) is 10.4 Å². The first-order valence-electron chi connectivity index (χ1n) is 8.16. The average molecular weight is 424 g/mol. The number of thiocarbonyl (C=S) groups is 1. The molecule has 8 heteroatoms. The Morgan fingerprint density at radius 2 is 1.88 bits per heavy atom. The van der Waals surface area contributed by atoms with Gasteiger partial charge in [-0.15, -0.1) is 0 Å². The first-order chi connectivity index (χ1) is 11.6. The summed E-state index contributed by atoms with van der Waals surface area (Å²) in [6.45, 7) is 4.12. The molecule has 25 heavy (non-hydrogen) atoms. The molecule has 0 amide bonds. The van der Waals surface area contributed by atoms with Crippen LogP contribution in [0, 0.1) is 22.5 Å². The molecule has 2 saturated heterocycles. The Labute approximate surface area is 171 Å². The number of nitrogens with one attached hydrogen (secondary N) is 1. The molecule has 0 unspecified atom stereocenters. The van der Waals surface area contributed by atoms with Crippen molar-refractivity contribution in [2.75, 3.05) is 13.1 Å². The first-order valence-corrected chi connectivity index (χ1v) is 8.97. The topological polar surface area (TPSA) is 64.3 Å². The molecular weight excluding hydrogens is 402 g/mol. The quantitative estimate of drug-likeness (QED) is 0.197. The molecular formula is C17H22CuN5S2. The van der Waals surface area contributed by atoms with E-state index in [2.05, 4.69) is 33.0 Å². The number of pyridine rings is 1. The second-order valence-corrected chi connectivity index (χ2v) is 6.78. The van der Waals surface area contributed by atoms with Gasteiger partial charge >= 0.3 is 17.1 Å². The van der Waals surface area contributed by atoms with Crippen LogP contribution in [0.3, 0.4) is 0 Å². The third-order valence-corrected chi connectivity index (χ3v) is 4.92. The second kappa shape index (κ2) is 11.4. The van der Waals surface area contributed by atoms with Gasteiger partial charge in [-0.2, -0.15) is 5.10 Å². The Morgan fingerprint density at radius 3 is 2.36 bits per heavy atom. The van der Waals surface area contributed by atoms with Crippen LogP contribution in [-0.2, 0) is 29.7 Å². The van der Waals surface area contributed by atoms with Gasteiger partial charge in [0.05, 0.1) is 11.4 Å². The number of hydrogen-bond donors (Lipinski definition) is 1. The normalized spacial score (nSPS) is 21.8. The van der Waals surface area contributed by atoms with Crippen LogP contribution in [0.25, 0.3) is 0 Å². The monoisotopic (exact) mass is 423 g/mol. The maximum atomic E-state index is 7.13. The van der Waals surface area contributed by atoms with Gasteiger partial charge in [-0.1, -0.05) is 11.5 Å². The van der Waals surface area contributed by atoms with Crippen LogP contribution < -0.4 is 5.43 Å². The number of hydrogen-bond acceptors (Lipinski definition) is 5. The Bertz CT molecular complexity index is 595. The Balaban J connectivity index is 0.000000730. The molecule has 138 valence electrons. The molecule has 0 radical (unpaired) electrons. The molecule has 3 fully saturated rings. The fraction of sp³-hybridized carbons (Fsp3) is 0.529. The van der Waals surface area contributed by atoms with Crippen molar-refractivity contribution >= 4 is 35.7 Å². The van der Waals surface area contributed by atoms with Crippen LogP contribution in [0.1, 0.15) is 38.3 Å². The third kappa shape index (κ3) is 6.87. The van der Waals surface area contributed by atoms with Gasteiger partial charge in [-0.25, -0.2) is 5.26 Å².